The molecule has 2 rings (SSSR count). The standard InChI is InChI=1S/C10H16NO8PS/c1-10(5-20(15,18-2)19-3)8(9(13)14)11-6(12)4-7(11)21(10,16)17/h7-8H,4-5H2,1-3H3,(H,13,14)/t7-,8+,10+/m1/s1. The van der Waals surface area contributed by atoms with Gasteiger partial charge in [-0.1, -0.05) is 0 Å². The number of nitrogens with zero attached hydrogens (tertiary/aromatic N) is 1. The molecule has 0 radical (unpaired) electrons. The van der Waals surface area contributed by atoms with Gasteiger partial charge < -0.3 is 14.9 Å². The Bertz CT molecular complexity index is 588. The predicted molar refractivity (Wildman–Crippen MR) is 69.8 cm³/mol. The van der Waals surface area contributed by atoms with E-state index in [2.05, 4.69) is 0 Å². The third kappa shape index (κ3) is 2.08. The van der Waals surface area contributed by atoms with Crippen LogP contribution in [0.4, 0.5) is 0 Å². The molecule has 0 aromatic rings. The van der Waals surface area contributed by atoms with E-state index in [0.717, 1.165) is 26.0 Å². The minimum atomic E-state index is -4.02. The lowest BCUT2D eigenvalue weighted by Crippen LogP contribution is -2.58. The quantitative estimate of drug-likeness (QED) is 0.477. The smallest absolute Gasteiger partial charge is 0.328 e. The number of aliphatic carboxylic acids is 1. The molecule has 0 aromatic carbocycles. The second kappa shape index (κ2) is 4.85. The average molecular weight is 341 g/mol. The monoisotopic (exact) mass is 341 g/mol. The molecule has 1 amide bonds. The number of carbonyl (C=O) groups excluding carboxylic acids is 1. The van der Waals surface area contributed by atoms with Gasteiger partial charge in [0.15, 0.2) is 15.9 Å². The Labute approximate surface area is 122 Å². The molecule has 21 heavy (non-hydrogen) atoms. The second-order valence-electron chi connectivity index (χ2n) is 5.19. The van der Waals surface area contributed by atoms with Crippen LogP contribution in [0.25, 0.3) is 0 Å². The summed E-state index contributed by atoms with van der Waals surface area (Å²) in [7, 11) is -5.62. The summed E-state index contributed by atoms with van der Waals surface area (Å²) in [6.07, 6.45) is -0.890. The fourth-order valence-electron chi connectivity index (χ4n) is 2.88. The average Bonchev–Trinajstić information content (AvgIpc) is 2.53. The number of β-lactam (4-membered cyclic amide) rings is 1. The molecule has 0 spiro atoms. The molecule has 2 heterocycles. The first-order valence-electron chi connectivity index (χ1n) is 6.02. The highest BCUT2D eigenvalue weighted by Crippen LogP contribution is 2.58. The third-order valence-electron chi connectivity index (χ3n) is 4.11. The first-order valence-corrected chi connectivity index (χ1v) is 9.29. The molecule has 11 heteroatoms. The zero-order valence-corrected chi connectivity index (χ0v) is 13.4. The maximum atomic E-state index is 12.6. The third-order valence-corrected chi connectivity index (χ3v) is 9.26. The normalized spacial score (nSPS) is 34.5. The Morgan fingerprint density at radius 3 is 2.43 bits per heavy atom. The number of amides is 1. The number of carbonyl (C=O) groups is 2. The summed E-state index contributed by atoms with van der Waals surface area (Å²) in [5.41, 5.74) is 0. The summed E-state index contributed by atoms with van der Waals surface area (Å²) in [5, 5.41) is 8.15. The van der Waals surface area contributed by atoms with Crippen LogP contribution in [0, 0.1) is 0 Å². The van der Waals surface area contributed by atoms with Crippen LogP contribution in [-0.2, 0) is 28.5 Å². The summed E-state index contributed by atoms with van der Waals surface area (Å²) in [4.78, 5) is 36.2. The molecule has 1 N–H and O–H groups in total. The largest absolute Gasteiger partial charge is 0.631 e. The molecule has 0 aromatic heterocycles. The number of sulfone groups is 1. The maximum absolute atomic E-state index is 12.6. The molecule has 0 bridgehead atoms. The van der Waals surface area contributed by atoms with Crippen molar-refractivity contribution in [1.82, 2.24) is 4.90 Å². The first kappa shape index (κ1) is 16.6. The summed E-state index contributed by atoms with van der Waals surface area (Å²) in [6.45, 7) is 1.16. The van der Waals surface area contributed by atoms with Crippen LogP contribution in [0.5, 0.6) is 0 Å². The van der Waals surface area contributed by atoms with Gasteiger partial charge in [-0.2, -0.15) is 0 Å². The van der Waals surface area contributed by atoms with Crippen LogP contribution >= 0.6 is 7.94 Å². The van der Waals surface area contributed by atoms with Crippen LogP contribution in [-0.4, -0.2) is 66.8 Å². The molecule has 2 aliphatic rings. The van der Waals surface area contributed by atoms with Gasteiger partial charge >= 0.3 is 5.97 Å². The van der Waals surface area contributed by atoms with E-state index in [9.17, 15) is 28.0 Å². The fourth-order valence-corrected chi connectivity index (χ4v) is 7.47. The molecule has 2 fully saturated rings. The van der Waals surface area contributed by atoms with Gasteiger partial charge in [-0.3, -0.25) is 4.79 Å². The van der Waals surface area contributed by atoms with Crippen molar-refractivity contribution in [3.05, 3.63) is 0 Å². The van der Waals surface area contributed by atoms with Gasteiger partial charge in [0.1, 0.15) is 16.3 Å². The van der Waals surface area contributed by atoms with Gasteiger partial charge in [0, 0.05) is 0 Å². The topological polar surface area (TPSA) is 133 Å². The maximum Gasteiger partial charge on any atom is 0.328 e. The van der Waals surface area contributed by atoms with Crippen LogP contribution in [0.1, 0.15) is 13.3 Å². The lowest BCUT2D eigenvalue weighted by atomic mass is 9.98. The van der Waals surface area contributed by atoms with E-state index in [0.29, 0.717) is 0 Å². The van der Waals surface area contributed by atoms with Crippen molar-refractivity contribution in [3.63, 3.8) is 0 Å². The van der Waals surface area contributed by atoms with Gasteiger partial charge in [-0.25, -0.2) is 22.3 Å². The number of fused-ring (bicyclic) bond motifs is 1. The van der Waals surface area contributed by atoms with Crippen LogP contribution < -0.4 is 4.89 Å². The molecule has 120 valence electrons. The van der Waals surface area contributed by atoms with Crippen LogP contribution in [0.3, 0.4) is 0 Å². The summed E-state index contributed by atoms with van der Waals surface area (Å²) in [5.74, 6) is -2.01. The van der Waals surface area contributed by atoms with E-state index < -0.39 is 52.0 Å². The number of hydrogen-bond acceptors (Lipinski definition) is 7. The van der Waals surface area contributed by atoms with E-state index in [1.54, 1.807) is 0 Å². The SMILES string of the molecule is CO[P+]([O-])(C[C@@]1(C)[C@H](C(=O)O)N2C(=O)C[C@H]2S1(=O)=O)OC. The number of rotatable bonds is 5. The highest BCUT2D eigenvalue weighted by atomic mass is 32.2. The molecule has 0 unspecified atom stereocenters. The fraction of sp³-hybridized carbons (Fsp3) is 0.800. The first-order chi connectivity index (χ1) is 9.54. The summed E-state index contributed by atoms with van der Waals surface area (Å²) < 4.78 is 32.6. The Morgan fingerprint density at radius 2 is 2.05 bits per heavy atom. The van der Waals surface area contributed by atoms with E-state index in [4.69, 9.17) is 9.05 Å². The van der Waals surface area contributed by atoms with E-state index in [1.807, 2.05) is 0 Å². The van der Waals surface area contributed by atoms with Gasteiger partial charge in [-0.05, 0) is 6.92 Å². The predicted octanol–water partition coefficient (Wildman–Crippen LogP) is -1.40. The van der Waals surface area contributed by atoms with E-state index in [1.165, 1.54) is 0 Å². The van der Waals surface area contributed by atoms with E-state index >= 15 is 0 Å². The van der Waals surface area contributed by atoms with E-state index in [-0.39, 0.29) is 6.42 Å². The Morgan fingerprint density at radius 1 is 1.52 bits per heavy atom. The summed E-state index contributed by atoms with van der Waals surface area (Å²) in [6, 6.07) is -1.60. The molecular formula is C10H16NO8PS. The molecule has 3 atom stereocenters. The number of hydrogen-bond donors (Lipinski definition) is 1. The zero-order valence-electron chi connectivity index (χ0n) is 11.7. The molecular weight excluding hydrogens is 325 g/mol. The molecule has 2 aliphatic heterocycles. The van der Waals surface area contributed by atoms with Gasteiger partial charge in [0.2, 0.25) is 13.9 Å². The van der Waals surface area contributed by atoms with Crippen molar-refractivity contribution in [1.29, 1.82) is 0 Å². The highest BCUT2D eigenvalue weighted by molar-refractivity contribution is 7.94. The van der Waals surface area contributed by atoms with Gasteiger partial charge in [-0.15, -0.1) is 0 Å². The molecule has 9 nitrogen and oxygen atoms in total. The van der Waals surface area contributed by atoms with Crippen molar-refractivity contribution in [3.8, 4) is 0 Å². The Balaban J connectivity index is 2.52. The number of carboxylic acids is 1. The van der Waals surface area contributed by atoms with Gasteiger partial charge in [0.25, 0.3) is 0 Å². The summed E-state index contributed by atoms with van der Waals surface area (Å²) >= 11 is 0. The zero-order chi connectivity index (χ0) is 16.2. The molecule has 2 saturated heterocycles. The molecule has 0 saturated carbocycles. The molecule has 0 aliphatic carbocycles. The van der Waals surface area contributed by atoms with Gasteiger partial charge in [0.05, 0.1) is 20.6 Å². The van der Waals surface area contributed by atoms with Crippen LogP contribution in [0.2, 0.25) is 0 Å². The van der Waals surface area contributed by atoms with Crippen LogP contribution in [0.15, 0.2) is 0 Å². The second-order valence-corrected chi connectivity index (χ2v) is 10.0. The highest BCUT2D eigenvalue weighted by Gasteiger charge is 2.72. The number of carboxylic acid groups (broad SMARTS) is 1. The minimum absolute atomic E-state index is 0.258. The lowest BCUT2D eigenvalue weighted by Gasteiger charge is -2.36. The Hall–Kier alpha value is -0.800. The van der Waals surface area contributed by atoms with Crippen molar-refractivity contribution in [2.45, 2.75) is 29.5 Å². The minimum Gasteiger partial charge on any atom is -0.631 e. The Kier molecular flexibility index (Phi) is 3.83. The van der Waals surface area contributed by atoms with Crippen molar-refractivity contribution in [2.75, 3.05) is 20.4 Å². The lowest BCUT2D eigenvalue weighted by molar-refractivity contribution is -0.214. The van der Waals surface area contributed by atoms with Crippen molar-refractivity contribution < 1.29 is 37.1 Å². The van der Waals surface area contributed by atoms with Crippen molar-refractivity contribution in [2.24, 2.45) is 0 Å². The van der Waals surface area contributed by atoms with Crippen molar-refractivity contribution >= 4 is 29.7 Å².